The molecular formula is C32H38N4O8S2. The van der Waals surface area contributed by atoms with Crippen molar-refractivity contribution in [2.45, 2.75) is 46.8 Å². The maximum absolute atomic E-state index is 13.6. The van der Waals surface area contributed by atoms with Crippen LogP contribution in [-0.4, -0.2) is 90.5 Å². The molecule has 0 bridgehead atoms. The van der Waals surface area contributed by atoms with Crippen molar-refractivity contribution in [3.63, 3.8) is 0 Å². The number of hydrogen-bond acceptors (Lipinski definition) is 10. The third-order valence-electron chi connectivity index (χ3n) is 8.27. The maximum atomic E-state index is 13.6. The number of nitrogens with one attached hydrogen (secondary N) is 2. The molecule has 3 N–H and O–H groups in total. The second-order valence-corrected chi connectivity index (χ2v) is 15.2. The number of aliphatic hydroxyl groups excluding tert-OH is 1. The van der Waals surface area contributed by atoms with E-state index < -0.39 is 31.8 Å². The normalized spacial score (nSPS) is 19.0. The lowest BCUT2D eigenvalue weighted by atomic mass is 9.88. The first kappa shape index (κ1) is 33.8. The largest absolute Gasteiger partial charge is 0.491 e. The summed E-state index contributed by atoms with van der Waals surface area (Å²) in [4.78, 5) is 0.302. The zero-order valence-corrected chi connectivity index (χ0v) is 27.1. The van der Waals surface area contributed by atoms with Gasteiger partial charge >= 0.3 is 0 Å². The van der Waals surface area contributed by atoms with Crippen LogP contribution in [0.25, 0.3) is 11.1 Å². The molecule has 14 heteroatoms. The monoisotopic (exact) mass is 670 g/mol. The Morgan fingerprint density at radius 2 is 1.70 bits per heavy atom. The van der Waals surface area contributed by atoms with E-state index >= 15 is 0 Å². The predicted molar refractivity (Wildman–Crippen MR) is 170 cm³/mol. The average Bonchev–Trinajstić information content (AvgIpc) is 3.47. The van der Waals surface area contributed by atoms with Crippen molar-refractivity contribution >= 4 is 20.0 Å². The summed E-state index contributed by atoms with van der Waals surface area (Å²) in [6.07, 6.45) is 0.984. The molecule has 2 aliphatic rings. The summed E-state index contributed by atoms with van der Waals surface area (Å²) >= 11 is 0. The van der Waals surface area contributed by atoms with Gasteiger partial charge in [-0.15, -0.1) is 0 Å². The molecule has 246 valence electrons. The molecular weight excluding hydrogens is 633 g/mol. The lowest BCUT2D eigenvalue weighted by Crippen LogP contribution is -2.47. The Morgan fingerprint density at radius 1 is 0.978 bits per heavy atom. The van der Waals surface area contributed by atoms with Crippen LogP contribution in [0, 0.1) is 11.3 Å². The molecule has 0 amide bonds. The molecule has 0 radical (unpaired) electrons. The van der Waals surface area contributed by atoms with E-state index in [-0.39, 0.29) is 35.6 Å². The topological polar surface area (TPSA) is 167 Å². The summed E-state index contributed by atoms with van der Waals surface area (Å²) < 4.78 is 72.1. The van der Waals surface area contributed by atoms with Gasteiger partial charge < -0.3 is 24.6 Å². The zero-order chi connectivity index (χ0) is 32.8. The zero-order valence-electron chi connectivity index (χ0n) is 25.5. The van der Waals surface area contributed by atoms with Crippen molar-refractivity contribution in [3.05, 3.63) is 72.8 Å². The van der Waals surface area contributed by atoms with E-state index in [0.29, 0.717) is 50.5 Å². The number of rotatable bonds is 13. The molecule has 0 aliphatic carbocycles. The van der Waals surface area contributed by atoms with Crippen molar-refractivity contribution in [1.29, 1.82) is 5.26 Å². The lowest BCUT2D eigenvalue weighted by Gasteiger charge is -2.38. The van der Waals surface area contributed by atoms with Crippen LogP contribution in [0.1, 0.15) is 19.3 Å². The molecule has 2 aliphatic heterocycles. The van der Waals surface area contributed by atoms with Crippen LogP contribution >= 0.6 is 0 Å². The Hall–Kier alpha value is -3.55. The van der Waals surface area contributed by atoms with Crippen LogP contribution in [0.2, 0.25) is 0 Å². The molecule has 0 unspecified atom stereocenters. The Labute approximate surface area is 270 Å². The van der Waals surface area contributed by atoms with Gasteiger partial charge in [0, 0.05) is 31.7 Å². The smallest absolute Gasteiger partial charge is 0.243 e. The fourth-order valence-electron chi connectivity index (χ4n) is 5.71. The minimum absolute atomic E-state index is 0.00437. The number of nitrogens with zero attached hydrogens (tertiary/aromatic N) is 2. The number of piperidine rings is 1. The second kappa shape index (κ2) is 14.5. The average molecular weight is 671 g/mol. The van der Waals surface area contributed by atoms with Crippen molar-refractivity contribution in [3.8, 4) is 28.7 Å². The summed E-state index contributed by atoms with van der Waals surface area (Å²) in [6.45, 7) is 1.31. The van der Waals surface area contributed by atoms with Gasteiger partial charge in [-0.2, -0.15) is 9.57 Å². The molecule has 46 heavy (non-hydrogen) atoms. The van der Waals surface area contributed by atoms with Crippen LogP contribution in [0.3, 0.4) is 0 Å². The highest BCUT2D eigenvalue weighted by Gasteiger charge is 2.44. The van der Waals surface area contributed by atoms with Crippen LogP contribution in [0.15, 0.2) is 82.6 Å². The van der Waals surface area contributed by atoms with Crippen LogP contribution in [0.5, 0.6) is 11.5 Å². The van der Waals surface area contributed by atoms with Gasteiger partial charge in [0.05, 0.1) is 22.0 Å². The van der Waals surface area contributed by atoms with E-state index in [1.165, 1.54) is 23.5 Å². The van der Waals surface area contributed by atoms with Crippen molar-refractivity contribution in [2.75, 3.05) is 46.5 Å². The highest BCUT2D eigenvalue weighted by Crippen LogP contribution is 2.38. The van der Waals surface area contributed by atoms with E-state index in [1.54, 1.807) is 42.5 Å². The molecule has 2 fully saturated rings. The Kier molecular flexibility index (Phi) is 10.6. The summed E-state index contributed by atoms with van der Waals surface area (Å²) in [7, 11) is -5.99. The van der Waals surface area contributed by atoms with E-state index in [2.05, 4.69) is 10.0 Å². The summed E-state index contributed by atoms with van der Waals surface area (Å²) in [5.74, 6) is 0.903. The summed E-state index contributed by atoms with van der Waals surface area (Å²) in [5.41, 5.74) is 1.17. The number of benzene rings is 3. The first-order valence-corrected chi connectivity index (χ1v) is 17.9. The minimum Gasteiger partial charge on any atom is -0.491 e. The Bertz CT molecular complexity index is 1750. The van der Waals surface area contributed by atoms with E-state index in [0.717, 1.165) is 11.1 Å². The van der Waals surface area contributed by atoms with Gasteiger partial charge in [0.15, 0.2) is 6.61 Å². The van der Waals surface area contributed by atoms with E-state index in [4.69, 9.17) is 19.5 Å². The first-order chi connectivity index (χ1) is 22.0. The molecule has 0 saturated carbocycles. The molecule has 2 atom stereocenters. The summed E-state index contributed by atoms with van der Waals surface area (Å²) in [6, 6.07) is 22.0. The fraction of sp³-hybridized carbons (Fsp3) is 0.406. The molecule has 3 aromatic rings. The highest BCUT2D eigenvalue weighted by molar-refractivity contribution is 7.89. The second-order valence-electron chi connectivity index (χ2n) is 11.4. The van der Waals surface area contributed by atoms with Gasteiger partial charge in [-0.3, -0.25) is 0 Å². The molecule has 2 saturated heterocycles. The molecule has 12 nitrogen and oxygen atoms in total. The quantitative estimate of drug-likeness (QED) is 0.246. The van der Waals surface area contributed by atoms with Gasteiger partial charge in [-0.05, 0) is 73.8 Å². The lowest BCUT2D eigenvalue weighted by molar-refractivity contribution is -0.0312. The van der Waals surface area contributed by atoms with Crippen LogP contribution < -0.4 is 19.5 Å². The number of nitriles is 1. The minimum atomic E-state index is -3.72. The third-order valence-corrected chi connectivity index (χ3v) is 11.6. The maximum Gasteiger partial charge on any atom is 0.243 e. The number of sulfonamides is 2. The number of aliphatic hydroxyl groups is 1. The van der Waals surface area contributed by atoms with E-state index in [1.807, 2.05) is 24.3 Å². The molecule has 3 aromatic carbocycles. The highest BCUT2D eigenvalue weighted by atomic mass is 32.2. The van der Waals surface area contributed by atoms with Gasteiger partial charge in [0.2, 0.25) is 20.0 Å². The van der Waals surface area contributed by atoms with Gasteiger partial charge in [-0.1, -0.05) is 30.3 Å². The van der Waals surface area contributed by atoms with Crippen molar-refractivity contribution < 1.29 is 36.2 Å². The standard InChI is InChI=1S/C32H38N4O8S2/c1-34-45(38,39)30-6-3-5-29(19-30)43-23-27(37)21-35-26-20-32(44-22-26)12-15-36(16-13-32)46(40,41)31-7-2-4-25(18-31)24-8-10-28(11-9-24)42-17-14-33/h2-11,18-19,26-27,34-35,37H,12-13,15-17,20-23H2,1H3/t26-,27+/m1/s1. The van der Waals surface area contributed by atoms with Gasteiger partial charge in [0.25, 0.3) is 0 Å². The van der Waals surface area contributed by atoms with Crippen LogP contribution in [0.4, 0.5) is 0 Å². The fourth-order valence-corrected chi connectivity index (χ4v) is 7.96. The molecule has 0 aromatic heterocycles. The van der Waals surface area contributed by atoms with Crippen molar-refractivity contribution in [1.82, 2.24) is 14.3 Å². The van der Waals surface area contributed by atoms with Gasteiger partial charge in [0.1, 0.15) is 30.3 Å². The molecule has 2 heterocycles. The molecule has 5 rings (SSSR count). The van der Waals surface area contributed by atoms with Gasteiger partial charge in [-0.25, -0.2) is 21.6 Å². The Morgan fingerprint density at radius 3 is 2.41 bits per heavy atom. The third kappa shape index (κ3) is 8.05. The van der Waals surface area contributed by atoms with Crippen LogP contribution in [-0.2, 0) is 24.8 Å². The summed E-state index contributed by atoms with van der Waals surface area (Å²) in [5, 5.41) is 22.5. The number of ether oxygens (including phenoxy) is 3. The predicted octanol–water partition coefficient (Wildman–Crippen LogP) is 2.51. The van der Waals surface area contributed by atoms with Crippen molar-refractivity contribution in [2.24, 2.45) is 0 Å². The SMILES string of the molecule is CNS(=O)(=O)c1cccc(OC[C@@H](O)CN[C@H]2COC3(CCN(S(=O)(=O)c4cccc(-c5ccc(OCC#N)cc5)c4)CC3)C2)c1. The molecule has 1 spiro atoms. The first-order valence-electron chi connectivity index (χ1n) is 15.0. The van der Waals surface area contributed by atoms with E-state index in [9.17, 15) is 21.9 Å². The number of hydrogen-bond donors (Lipinski definition) is 3. The Balaban J connectivity index is 1.10.